The molecule has 0 spiro atoms. The van der Waals surface area contributed by atoms with Gasteiger partial charge in [0, 0.05) is 12.6 Å². The molecule has 2 amide bonds. The summed E-state index contributed by atoms with van der Waals surface area (Å²) < 4.78 is 0. The van der Waals surface area contributed by atoms with Gasteiger partial charge in [-0.25, -0.2) is 4.79 Å². The summed E-state index contributed by atoms with van der Waals surface area (Å²) in [6.45, 7) is 2.82. The molecule has 0 aliphatic heterocycles. The third-order valence-corrected chi connectivity index (χ3v) is 5.53. The molecule has 1 unspecified atom stereocenters. The van der Waals surface area contributed by atoms with Gasteiger partial charge in [0.05, 0.1) is 0 Å². The Morgan fingerprint density at radius 1 is 1.12 bits per heavy atom. The first-order valence-corrected chi connectivity index (χ1v) is 9.83. The minimum absolute atomic E-state index is 0.0244. The Morgan fingerprint density at radius 2 is 1.88 bits per heavy atom. The molecule has 1 aliphatic rings. The van der Waals surface area contributed by atoms with Crippen molar-refractivity contribution in [3.05, 3.63) is 46.7 Å². The fourth-order valence-corrected chi connectivity index (χ4v) is 3.94. The summed E-state index contributed by atoms with van der Waals surface area (Å²) >= 11 is 1.72. The summed E-state index contributed by atoms with van der Waals surface area (Å²) in [5.41, 5.74) is 3.77. The highest BCUT2D eigenvalue weighted by molar-refractivity contribution is 7.08. The van der Waals surface area contributed by atoms with Gasteiger partial charge < -0.3 is 10.6 Å². The molecule has 0 bridgehead atoms. The number of rotatable bonds is 5. The molecule has 1 aliphatic carbocycles. The summed E-state index contributed by atoms with van der Waals surface area (Å²) in [4.78, 5) is 12.0. The maximum atomic E-state index is 12.0. The van der Waals surface area contributed by atoms with E-state index in [1.165, 1.54) is 36.0 Å². The number of carbonyl (C=O) groups excluding carboxylic acids is 1. The zero-order valence-electron chi connectivity index (χ0n) is 14.3. The number of hydrogen-bond acceptors (Lipinski definition) is 2. The molecule has 2 aromatic rings. The molecule has 1 atom stereocenters. The second kappa shape index (κ2) is 8.34. The van der Waals surface area contributed by atoms with E-state index < -0.39 is 0 Å². The largest absolute Gasteiger partial charge is 0.338 e. The van der Waals surface area contributed by atoms with Gasteiger partial charge in [0.25, 0.3) is 0 Å². The van der Waals surface area contributed by atoms with Gasteiger partial charge in [-0.2, -0.15) is 11.3 Å². The van der Waals surface area contributed by atoms with E-state index in [4.69, 9.17) is 0 Å². The lowest BCUT2D eigenvalue weighted by molar-refractivity contribution is 0.232. The summed E-state index contributed by atoms with van der Waals surface area (Å²) in [5, 5.41) is 10.4. The predicted molar refractivity (Wildman–Crippen MR) is 102 cm³/mol. The van der Waals surface area contributed by atoms with E-state index >= 15 is 0 Å². The highest BCUT2D eigenvalue weighted by Crippen LogP contribution is 2.24. The molecule has 4 heteroatoms. The third kappa shape index (κ3) is 4.60. The summed E-state index contributed by atoms with van der Waals surface area (Å²) in [7, 11) is 0. The number of thiophene rings is 1. The van der Waals surface area contributed by atoms with E-state index in [0.29, 0.717) is 18.5 Å². The van der Waals surface area contributed by atoms with Crippen LogP contribution >= 0.6 is 11.3 Å². The van der Waals surface area contributed by atoms with E-state index in [-0.39, 0.29) is 6.03 Å². The molecule has 3 rings (SSSR count). The van der Waals surface area contributed by atoms with Crippen LogP contribution in [0.5, 0.6) is 0 Å². The molecule has 0 radical (unpaired) electrons. The Labute approximate surface area is 148 Å². The zero-order chi connectivity index (χ0) is 16.8. The Hall–Kier alpha value is -1.81. The van der Waals surface area contributed by atoms with Crippen LogP contribution in [0, 0.1) is 0 Å². The normalized spacial score (nSPS) is 16.5. The van der Waals surface area contributed by atoms with Crippen molar-refractivity contribution in [1.29, 1.82) is 0 Å². The van der Waals surface area contributed by atoms with E-state index in [1.807, 2.05) is 0 Å². The van der Waals surface area contributed by atoms with Gasteiger partial charge in [0.1, 0.15) is 0 Å². The maximum Gasteiger partial charge on any atom is 0.315 e. The van der Waals surface area contributed by atoms with Crippen LogP contribution in [0.1, 0.15) is 50.5 Å². The van der Waals surface area contributed by atoms with Gasteiger partial charge >= 0.3 is 6.03 Å². The number of benzene rings is 1. The Morgan fingerprint density at radius 3 is 2.54 bits per heavy atom. The first kappa shape index (κ1) is 17.0. The van der Waals surface area contributed by atoms with Crippen LogP contribution in [-0.2, 0) is 0 Å². The van der Waals surface area contributed by atoms with Gasteiger partial charge in [-0.1, -0.05) is 50.5 Å². The van der Waals surface area contributed by atoms with E-state index in [9.17, 15) is 4.79 Å². The average molecular weight is 343 g/mol. The van der Waals surface area contributed by atoms with Crippen LogP contribution in [-0.4, -0.2) is 18.6 Å². The van der Waals surface area contributed by atoms with Crippen LogP contribution in [0.2, 0.25) is 0 Å². The topological polar surface area (TPSA) is 41.1 Å². The molecule has 1 fully saturated rings. The minimum Gasteiger partial charge on any atom is -0.338 e. The van der Waals surface area contributed by atoms with Crippen molar-refractivity contribution in [2.75, 3.05) is 6.54 Å². The predicted octanol–water partition coefficient (Wildman–Crippen LogP) is 5.15. The maximum absolute atomic E-state index is 12.0. The lowest BCUT2D eigenvalue weighted by Gasteiger charge is -2.23. The lowest BCUT2D eigenvalue weighted by Crippen LogP contribution is -2.43. The molecule has 128 valence electrons. The van der Waals surface area contributed by atoms with E-state index in [2.05, 4.69) is 58.6 Å². The summed E-state index contributed by atoms with van der Waals surface area (Å²) in [5.74, 6) is 0.304. The monoisotopic (exact) mass is 342 g/mol. The zero-order valence-corrected chi connectivity index (χ0v) is 15.1. The SMILES string of the molecule is CC(CNC(=O)NC1CCCCC1)c1ccc(-c2ccsc2)cc1. The van der Waals surface area contributed by atoms with Crippen molar-refractivity contribution in [2.45, 2.75) is 51.0 Å². The van der Waals surface area contributed by atoms with Gasteiger partial charge in [-0.05, 0) is 52.3 Å². The van der Waals surface area contributed by atoms with Crippen molar-refractivity contribution in [1.82, 2.24) is 10.6 Å². The molecule has 1 saturated carbocycles. The fourth-order valence-electron chi connectivity index (χ4n) is 3.28. The van der Waals surface area contributed by atoms with E-state index in [1.54, 1.807) is 11.3 Å². The van der Waals surface area contributed by atoms with Gasteiger partial charge in [0.2, 0.25) is 0 Å². The third-order valence-electron chi connectivity index (χ3n) is 4.84. The minimum atomic E-state index is -0.0244. The van der Waals surface area contributed by atoms with Crippen LogP contribution in [0.25, 0.3) is 11.1 Å². The Balaban J connectivity index is 1.47. The van der Waals surface area contributed by atoms with Gasteiger partial charge in [0.15, 0.2) is 0 Å². The highest BCUT2D eigenvalue weighted by atomic mass is 32.1. The Bertz CT molecular complexity index is 630. The first-order chi connectivity index (χ1) is 11.7. The first-order valence-electron chi connectivity index (χ1n) is 8.89. The number of amides is 2. The van der Waals surface area contributed by atoms with Crippen molar-refractivity contribution in [3.63, 3.8) is 0 Å². The highest BCUT2D eigenvalue weighted by Gasteiger charge is 2.16. The average Bonchev–Trinajstić information content (AvgIpc) is 3.15. The second-order valence-electron chi connectivity index (χ2n) is 6.72. The molecule has 1 aromatic heterocycles. The number of nitrogens with one attached hydrogen (secondary N) is 2. The molecule has 1 heterocycles. The van der Waals surface area contributed by atoms with Crippen LogP contribution < -0.4 is 10.6 Å². The smallest absolute Gasteiger partial charge is 0.315 e. The number of hydrogen-bond donors (Lipinski definition) is 2. The van der Waals surface area contributed by atoms with Crippen LogP contribution in [0.4, 0.5) is 4.79 Å². The number of urea groups is 1. The Kier molecular flexibility index (Phi) is 5.91. The fraction of sp³-hybridized carbons (Fsp3) is 0.450. The summed E-state index contributed by atoms with van der Waals surface area (Å²) in [6, 6.07) is 11.1. The quantitative estimate of drug-likeness (QED) is 0.775. The van der Waals surface area contributed by atoms with Crippen molar-refractivity contribution >= 4 is 17.4 Å². The van der Waals surface area contributed by atoms with Gasteiger partial charge in [-0.3, -0.25) is 0 Å². The molecular formula is C20H26N2OS. The van der Waals surface area contributed by atoms with Crippen LogP contribution in [0.15, 0.2) is 41.1 Å². The van der Waals surface area contributed by atoms with E-state index in [0.717, 1.165) is 12.8 Å². The van der Waals surface area contributed by atoms with Gasteiger partial charge in [-0.15, -0.1) is 0 Å². The number of carbonyl (C=O) groups is 1. The molecule has 2 N–H and O–H groups in total. The molecular weight excluding hydrogens is 316 g/mol. The van der Waals surface area contributed by atoms with Crippen LogP contribution in [0.3, 0.4) is 0 Å². The van der Waals surface area contributed by atoms with Crippen molar-refractivity contribution in [3.8, 4) is 11.1 Å². The van der Waals surface area contributed by atoms with Crippen molar-refractivity contribution < 1.29 is 4.79 Å². The molecule has 3 nitrogen and oxygen atoms in total. The molecule has 1 aromatic carbocycles. The molecule has 0 saturated heterocycles. The van der Waals surface area contributed by atoms with Crippen molar-refractivity contribution in [2.24, 2.45) is 0 Å². The molecule has 24 heavy (non-hydrogen) atoms. The standard InChI is InChI=1S/C20H26N2OS/c1-15(13-21-20(23)22-19-5-3-2-4-6-19)16-7-9-17(10-8-16)18-11-12-24-14-18/h7-12,14-15,19H,2-6,13H2,1H3,(H2,21,22,23). The summed E-state index contributed by atoms with van der Waals surface area (Å²) in [6.07, 6.45) is 6.01. The lowest BCUT2D eigenvalue weighted by atomic mass is 9.96. The second-order valence-corrected chi connectivity index (χ2v) is 7.50.